The Bertz CT molecular complexity index is 821. The zero-order valence-electron chi connectivity index (χ0n) is 17.2. The molecule has 3 rings (SSSR count). The molecule has 1 aromatic heterocycles. The van der Waals surface area contributed by atoms with Crippen molar-refractivity contribution in [2.75, 3.05) is 32.7 Å². The number of hydrogen-bond donors (Lipinski definition) is 1. The van der Waals surface area contributed by atoms with Gasteiger partial charge in [-0.25, -0.2) is 8.42 Å². The summed E-state index contributed by atoms with van der Waals surface area (Å²) in [4.78, 5) is 26.6. The third kappa shape index (κ3) is 5.19. The highest BCUT2D eigenvalue weighted by molar-refractivity contribution is 7.91. The fourth-order valence-electron chi connectivity index (χ4n) is 3.84. The molecule has 2 aliphatic rings. The lowest BCUT2D eigenvalue weighted by atomic mass is 9.97. The first-order valence-corrected chi connectivity index (χ1v) is 12.8. The summed E-state index contributed by atoms with van der Waals surface area (Å²) < 4.78 is 27.7. The summed E-state index contributed by atoms with van der Waals surface area (Å²) >= 11 is 1.10. The first kappa shape index (κ1) is 22.2. The molecule has 29 heavy (non-hydrogen) atoms. The number of carbonyl (C=O) groups is 2. The maximum atomic E-state index is 13.0. The third-order valence-corrected chi connectivity index (χ3v) is 9.18. The SMILES string of the molecule is CCCNC(=O)C1CCN(S(=O)(=O)c2cc(C(=O)N3CCC(C)CC3)cs2)CC1. The Hall–Kier alpha value is -1.45. The van der Waals surface area contributed by atoms with E-state index in [2.05, 4.69) is 12.2 Å². The van der Waals surface area contributed by atoms with Gasteiger partial charge in [0, 0.05) is 44.0 Å². The van der Waals surface area contributed by atoms with E-state index < -0.39 is 10.0 Å². The van der Waals surface area contributed by atoms with Crippen molar-refractivity contribution in [1.82, 2.24) is 14.5 Å². The van der Waals surface area contributed by atoms with Crippen molar-refractivity contribution in [3.63, 3.8) is 0 Å². The number of sulfonamides is 1. The van der Waals surface area contributed by atoms with Crippen LogP contribution in [0.1, 0.15) is 56.3 Å². The molecule has 9 heteroatoms. The minimum Gasteiger partial charge on any atom is -0.356 e. The maximum absolute atomic E-state index is 13.0. The number of piperidine rings is 2. The highest BCUT2D eigenvalue weighted by Crippen LogP contribution is 2.29. The van der Waals surface area contributed by atoms with E-state index in [9.17, 15) is 18.0 Å². The molecule has 7 nitrogen and oxygen atoms in total. The maximum Gasteiger partial charge on any atom is 0.254 e. The van der Waals surface area contributed by atoms with Gasteiger partial charge < -0.3 is 10.2 Å². The Kier molecular flexibility index (Phi) is 7.34. The van der Waals surface area contributed by atoms with Crippen LogP contribution in [0, 0.1) is 11.8 Å². The molecule has 1 aromatic rings. The summed E-state index contributed by atoms with van der Waals surface area (Å²) in [5, 5.41) is 4.54. The fraction of sp³-hybridized carbons (Fsp3) is 0.700. The molecule has 0 saturated carbocycles. The smallest absolute Gasteiger partial charge is 0.254 e. The molecule has 0 radical (unpaired) electrons. The van der Waals surface area contributed by atoms with Gasteiger partial charge in [-0.05, 0) is 44.1 Å². The summed E-state index contributed by atoms with van der Waals surface area (Å²) in [6, 6.07) is 1.51. The fourth-order valence-corrected chi connectivity index (χ4v) is 6.61. The average molecular weight is 442 g/mol. The Morgan fingerprint density at radius 3 is 2.41 bits per heavy atom. The van der Waals surface area contributed by atoms with Crippen molar-refractivity contribution in [3.05, 3.63) is 17.0 Å². The lowest BCUT2D eigenvalue weighted by Gasteiger charge is -2.30. The van der Waals surface area contributed by atoms with E-state index in [1.807, 2.05) is 11.8 Å². The van der Waals surface area contributed by atoms with E-state index in [1.165, 1.54) is 10.4 Å². The van der Waals surface area contributed by atoms with Crippen LogP contribution in [0.3, 0.4) is 0 Å². The number of nitrogens with zero attached hydrogens (tertiary/aromatic N) is 2. The summed E-state index contributed by atoms with van der Waals surface area (Å²) in [6.45, 7) is 6.96. The Morgan fingerprint density at radius 1 is 1.14 bits per heavy atom. The van der Waals surface area contributed by atoms with Gasteiger partial charge >= 0.3 is 0 Å². The van der Waals surface area contributed by atoms with Gasteiger partial charge in [0.05, 0.1) is 5.56 Å². The molecule has 0 bridgehead atoms. The highest BCUT2D eigenvalue weighted by atomic mass is 32.2. The van der Waals surface area contributed by atoms with Crippen molar-refractivity contribution < 1.29 is 18.0 Å². The van der Waals surface area contributed by atoms with Crippen LogP contribution in [0.5, 0.6) is 0 Å². The van der Waals surface area contributed by atoms with E-state index in [0.717, 1.165) is 43.7 Å². The summed E-state index contributed by atoms with van der Waals surface area (Å²) in [7, 11) is -3.63. The second-order valence-electron chi connectivity index (χ2n) is 8.10. The van der Waals surface area contributed by atoms with E-state index in [0.29, 0.717) is 44.0 Å². The largest absolute Gasteiger partial charge is 0.356 e. The number of carbonyl (C=O) groups excluding carboxylic acids is 2. The zero-order chi connectivity index (χ0) is 21.0. The van der Waals surface area contributed by atoms with Crippen molar-refractivity contribution in [2.24, 2.45) is 11.8 Å². The number of rotatable bonds is 6. The molecular formula is C20H31N3O4S2. The van der Waals surface area contributed by atoms with Crippen molar-refractivity contribution in [2.45, 2.75) is 50.2 Å². The van der Waals surface area contributed by atoms with Gasteiger partial charge in [-0.1, -0.05) is 13.8 Å². The van der Waals surface area contributed by atoms with Crippen molar-refractivity contribution in [3.8, 4) is 0 Å². The second kappa shape index (κ2) is 9.57. The molecule has 2 fully saturated rings. The molecule has 0 atom stereocenters. The number of likely N-dealkylation sites (tertiary alicyclic amines) is 1. The summed E-state index contributed by atoms with van der Waals surface area (Å²) in [5.41, 5.74) is 0.456. The Labute approximate surface area is 177 Å². The van der Waals surface area contributed by atoms with Gasteiger partial charge in [0.2, 0.25) is 5.91 Å². The van der Waals surface area contributed by atoms with E-state index in [-0.39, 0.29) is 21.9 Å². The number of hydrogen-bond acceptors (Lipinski definition) is 5. The zero-order valence-corrected chi connectivity index (χ0v) is 18.9. The van der Waals surface area contributed by atoms with Crippen LogP contribution in [0.4, 0.5) is 0 Å². The summed E-state index contributed by atoms with van der Waals surface area (Å²) in [6.07, 6.45) is 3.91. The van der Waals surface area contributed by atoms with Crippen LogP contribution in [0.2, 0.25) is 0 Å². The van der Waals surface area contributed by atoms with Crippen LogP contribution in [-0.4, -0.2) is 62.2 Å². The molecule has 2 saturated heterocycles. The number of amides is 2. The molecule has 0 unspecified atom stereocenters. The minimum atomic E-state index is -3.63. The molecule has 0 aromatic carbocycles. The monoisotopic (exact) mass is 441 g/mol. The molecule has 1 N–H and O–H groups in total. The number of thiophene rings is 1. The van der Waals surface area contributed by atoms with E-state index in [4.69, 9.17) is 0 Å². The highest BCUT2D eigenvalue weighted by Gasteiger charge is 2.33. The van der Waals surface area contributed by atoms with Crippen molar-refractivity contribution >= 4 is 33.2 Å². The molecule has 2 amide bonds. The molecule has 0 spiro atoms. The predicted octanol–water partition coefficient (Wildman–Crippen LogP) is 2.55. The topological polar surface area (TPSA) is 86.8 Å². The van der Waals surface area contributed by atoms with Gasteiger partial charge in [0.25, 0.3) is 15.9 Å². The predicted molar refractivity (Wildman–Crippen MR) is 113 cm³/mol. The second-order valence-corrected chi connectivity index (χ2v) is 11.2. The van der Waals surface area contributed by atoms with Crippen molar-refractivity contribution in [1.29, 1.82) is 0 Å². The molecule has 3 heterocycles. The summed E-state index contributed by atoms with van der Waals surface area (Å²) in [5.74, 6) is 0.434. The first-order chi connectivity index (χ1) is 13.8. The van der Waals surface area contributed by atoms with Gasteiger partial charge in [-0.15, -0.1) is 11.3 Å². The quantitative estimate of drug-likeness (QED) is 0.735. The van der Waals surface area contributed by atoms with Crippen LogP contribution in [0.25, 0.3) is 0 Å². The molecule has 0 aliphatic carbocycles. The lowest BCUT2D eigenvalue weighted by molar-refractivity contribution is -0.126. The standard InChI is InChI=1S/C20H31N3O4S2/c1-3-8-21-19(24)16-6-11-23(12-7-16)29(26,27)18-13-17(14-28-18)20(25)22-9-4-15(2)5-10-22/h13-16H,3-12H2,1-2H3,(H,21,24). The third-order valence-electron chi connectivity index (χ3n) is 5.86. The minimum absolute atomic E-state index is 0.0174. The van der Waals surface area contributed by atoms with Gasteiger partial charge in [0.1, 0.15) is 4.21 Å². The molecule has 2 aliphatic heterocycles. The van der Waals surface area contributed by atoms with Gasteiger partial charge in [0.15, 0.2) is 0 Å². The van der Waals surface area contributed by atoms with Gasteiger partial charge in [-0.2, -0.15) is 4.31 Å². The Morgan fingerprint density at radius 2 is 1.79 bits per heavy atom. The average Bonchev–Trinajstić information content (AvgIpc) is 3.23. The van der Waals surface area contributed by atoms with Gasteiger partial charge in [-0.3, -0.25) is 9.59 Å². The van der Waals surface area contributed by atoms with Crippen LogP contribution in [0.15, 0.2) is 15.7 Å². The normalized spacial score (nSPS) is 20.0. The van der Waals surface area contributed by atoms with E-state index in [1.54, 1.807) is 5.38 Å². The van der Waals surface area contributed by atoms with E-state index >= 15 is 0 Å². The molecular weight excluding hydrogens is 410 g/mol. The van der Waals surface area contributed by atoms with Crippen LogP contribution < -0.4 is 5.32 Å². The van der Waals surface area contributed by atoms with Crippen LogP contribution in [-0.2, 0) is 14.8 Å². The Balaban J connectivity index is 1.61. The van der Waals surface area contributed by atoms with Crippen LogP contribution >= 0.6 is 11.3 Å². The molecule has 162 valence electrons. The first-order valence-electron chi connectivity index (χ1n) is 10.5. The lowest BCUT2D eigenvalue weighted by Crippen LogP contribution is -2.43. The number of nitrogens with one attached hydrogen (secondary N) is 1.